The van der Waals surface area contributed by atoms with Crippen LogP contribution in [0.4, 0.5) is 5.95 Å². The Kier molecular flexibility index (Phi) is 4.57. The van der Waals surface area contributed by atoms with Crippen LogP contribution in [0.3, 0.4) is 0 Å². The topological polar surface area (TPSA) is 64.1 Å². The van der Waals surface area contributed by atoms with E-state index >= 15 is 0 Å². The minimum Gasteiger partial charge on any atom is -0.481 e. The van der Waals surface area contributed by atoms with Gasteiger partial charge in [-0.1, -0.05) is 11.6 Å². The first-order valence-electron chi connectivity index (χ1n) is 5.65. The molecule has 0 saturated carbocycles. The third-order valence-corrected chi connectivity index (χ3v) is 3.66. The van der Waals surface area contributed by atoms with Crippen LogP contribution in [0.1, 0.15) is 16.1 Å². The molecule has 1 N–H and O–H groups in total. The normalized spacial score (nSPS) is 10.2. The van der Waals surface area contributed by atoms with E-state index in [1.54, 1.807) is 31.2 Å². The minimum absolute atomic E-state index is 0.193. The largest absolute Gasteiger partial charge is 0.481 e. The van der Waals surface area contributed by atoms with Gasteiger partial charge in [0.15, 0.2) is 0 Å². The number of amides is 1. The third kappa shape index (κ3) is 3.46. The molecule has 1 aromatic heterocycles. The van der Waals surface area contributed by atoms with Crippen LogP contribution in [0.25, 0.3) is 0 Å². The third-order valence-electron chi connectivity index (χ3n) is 2.45. The molecule has 0 bridgehead atoms. The van der Waals surface area contributed by atoms with Gasteiger partial charge in [-0.05, 0) is 41.1 Å². The molecular formula is C13H11BrClN3O2. The molecule has 104 valence electrons. The summed E-state index contributed by atoms with van der Waals surface area (Å²) < 4.78 is 5.68. The molecule has 0 aliphatic heterocycles. The predicted molar refractivity (Wildman–Crippen MR) is 80.4 cm³/mol. The molecule has 0 unspecified atom stereocenters. The van der Waals surface area contributed by atoms with Gasteiger partial charge in [0.05, 0.1) is 12.1 Å². The van der Waals surface area contributed by atoms with Crippen LogP contribution in [0.5, 0.6) is 5.88 Å². The summed E-state index contributed by atoms with van der Waals surface area (Å²) in [6.45, 7) is 1.79. The zero-order valence-electron chi connectivity index (χ0n) is 10.8. The monoisotopic (exact) mass is 355 g/mol. The van der Waals surface area contributed by atoms with Crippen molar-refractivity contribution in [2.24, 2.45) is 0 Å². The lowest BCUT2D eigenvalue weighted by atomic mass is 10.2. The Morgan fingerprint density at radius 1 is 1.35 bits per heavy atom. The Labute approximate surface area is 129 Å². The highest BCUT2D eigenvalue weighted by Gasteiger charge is 2.11. The number of anilines is 1. The van der Waals surface area contributed by atoms with Gasteiger partial charge < -0.3 is 4.74 Å². The summed E-state index contributed by atoms with van der Waals surface area (Å²) in [5.74, 6) is 0.262. The summed E-state index contributed by atoms with van der Waals surface area (Å²) in [6.07, 6.45) is 0. The van der Waals surface area contributed by atoms with E-state index in [0.717, 1.165) is 0 Å². The first-order valence-corrected chi connectivity index (χ1v) is 6.83. The number of nitrogens with one attached hydrogen (secondary N) is 1. The van der Waals surface area contributed by atoms with Gasteiger partial charge in [-0.3, -0.25) is 10.1 Å². The Hall–Kier alpha value is -1.66. The summed E-state index contributed by atoms with van der Waals surface area (Å²) in [7, 11) is 1.50. The second-order valence-corrected chi connectivity index (χ2v) is 5.22. The predicted octanol–water partition coefficient (Wildman–Crippen LogP) is 3.46. The van der Waals surface area contributed by atoms with Crippen molar-refractivity contribution in [3.8, 4) is 5.88 Å². The van der Waals surface area contributed by atoms with Crippen molar-refractivity contribution < 1.29 is 9.53 Å². The van der Waals surface area contributed by atoms with Gasteiger partial charge in [0.1, 0.15) is 0 Å². The van der Waals surface area contributed by atoms with Crippen molar-refractivity contribution in [2.75, 3.05) is 12.4 Å². The zero-order valence-corrected chi connectivity index (χ0v) is 13.1. The molecular weight excluding hydrogens is 346 g/mol. The fourth-order valence-electron chi connectivity index (χ4n) is 1.51. The maximum atomic E-state index is 12.1. The SMILES string of the molecule is COc1cc(C)nc(NC(=O)c2ccc(Cl)c(Br)c2)n1. The van der Waals surface area contributed by atoms with E-state index in [1.165, 1.54) is 7.11 Å². The minimum atomic E-state index is -0.324. The molecule has 2 rings (SSSR count). The number of ether oxygens (including phenoxy) is 1. The summed E-state index contributed by atoms with van der Waals surface area (Å²) in [4.78, 5) is 20.3. The number of halogens is 2. The standard InChI is InChI=1S/C13H11BrClN3O2/c1-7-5-11(20-2)17-13(16-7)18-12(19)8-3-4-10(15)9(14)6-8/h3-6H,1-2H3,(H,16,17,18,19). The van der Waals surface area contributed by atoms with E-state index in [9.17, 15) is 4.79 Å². The van der Waals surface area contributed by atoms with E-state index in [0.29, 0.717) is 26.6 Å². The number of aryl methyl sites for hydroxylation is 1. The summed E-state index contributed by atoms with van der Waals surface area (Å²) >= 11 is 9.16. The van der Waals surface area contributed by atoms with Crippen LogP contribution in [0, 0.1) is 6.92 Å². The van der Waals surface area contributed by atoms with Crippen LogP contribution in [-0.2, 0) is 0 Å². The van der Waals surface area contributed by atoms with Gasteiger partial charge in [-0.15, -0.1) is 0 Å². The lowest BCUT2D eigenvalue weighted by Crippen LogP contribution is -2.14. The number of carbonyl (C=O) groups is 1. The van der Waals surface area contributed by atoms with Crippen LogP contribution in [0.2, 0.25) is 5.02 Å². The lowest BCUT2D eigenvalue weighted by Gasteiger charge is -2.07. The fourth-order valence-corrected chi connectivity index (χ4v) is 2.01. The lowest BCUT2D eigenvalue weighted by molar-refractivity contribution is 0.102. The van der Waals surface area contributed by atoms with Crippen molar-refractivity contribution in [1.29, 1.82) is 0 Å². The number of nitrogens with zero attached hydrogens (tertiary/aromatic N) is 2. The Bertz CT molecular complexity index is 664. The van der Waals surface area contributed by atoms with Crippen molar-refractivity contribution >= 4 is 39.4 Å². The number of hydrogen-bond acceptors (Lipinski definition) is 4. The number of rotatable bonds is 3. The van der Waals surface area contributed by atoms with Gasteiger partial charge >= 0.3 is 0 Å². The van der Waals surface area contributed by atoms with Gasteiger partial charge in [-0.25, -0.2) is 4.98 Å². The fraction of sp³-hybridized carbons (Fsp3) is 0.154. The summed E-state index contributed by atoms with van der Waals surface area (Å²) in [6, 6.07) is 6.56. The van der Waals surface area contributed by atoms with E-state index in [2.05, 4.69) is 31.2 Å². The molecule has 0 fully saturated rings. The average molecular weight is 357 g/mol. The average Bonchev–Trinajstić information content (AvgIpc) is 2.41. The van der Waals surface area contributed by atoms with Crippen molar-refractivity contribution in [3.05, 3.63) is 45.0 Å². The molecule has 0 aliphatic rings. The molecule has 0 saturated heterocycles. The number of benzene rings is 1. The van der Waals surface area contributed by atoms with Crippen LogP contribution in [-0.4, -0.2) is 23.0 Å². The van der Waals surface area contributed by atoms with Crippen molar-refractivity contribution in [3.63, 3.8) is 0 Å². The quantitative estimate of drug-likeness (QED) is 0.914. The first kappa shape index (κ1) is 14.7. The van der Waals surface area contributed by atoms with Crippen LogP contribution in [0.15, 0.2) is 28.7 Å². The number of methoxy groups -OCH3 is 1. The Morgan fingerprint density at radius 2 is 2.10 bits per heavy atom. The van der Waals surface area contributed by atoms with Crippen LogP contribution >= 0.6 is 27.5 Å². The summed E-state index contributed by atoms with van der Waals surface area (Å²) in [5.41, 5.74) is 1.15. The highest BCUT2D eigenvalue weighted by molar-refractivity contribution is 9.10. The molecule has 1 amide bonds. The smallest absolute Gasteiger partial charge is 0.258 e. The first-order chi connectivity index (χ1) is 9.49. The van der Waals surface area contributed by atoms with Crippen molar-refractivity contribution in [1.82, 2.24) is 9.97 Å². The molecule has 7 heteroatoms. The molecule has 1 heterocycles. The van der Waals surface area contributed by atoms with E-state index in [4.69, 9.17) is 16.3 Å². The Balaban J connectivity index is 2.23. The van der Waals surface area contributed by atoms with Gasteiger partial charge in [0.2, 0.25) is 11.8 Å². The highest BCUT2D eigenvalue weighted by atomic mass is 79.9. The van der Waals surface area contributed by atoms with Gasteiger partial charge in [-0.2, -0.15) is 4.98 Å². The van der Waals surface area contributed by atoms with Crippen molar-refractivity contribution in [2.45, 2.75) is 6.92 Å². The second-order valence-electron chi connectivity index (χ2n) is 3.96. The maximum Gasteiger partial charge on any atom is 0.258 e. The van der Waals surface area contributed by atoms with E-state index in [-0.39, 0.29) is 11.9 Å². The number of hydrogen-bond donors (Lipinski definition) is 1. The van der Waals surface area contributed by atoms with Gasteiger partial charge in [0.25, 0.3) is 5.91 Å². The molecule has 0 atom stereocenters. The molecule has 0 spiro atoms. The molecule has 2 aromatic rings. The summed E-state index contributed by atoms with van der Waals surface area (Å²) in [5, 5.41) is 3.15. The van der Waals surface area contributed by atoms with Gasteiger partial charge in [0, 0.05) is 21.8 Å². The molecule has 0 radical (unpaired) electrons. The van der Waals surface area contributed by atoms with E-state index < -0.39 is 0 Å². The zero-order chi connectivity index (χ0) is 14.7. The molecule has 5 nitrogen and oxygen atoms in total. The molecule has 20 heavy (non-hydrogen) atoms. The number of carbonyl (C=O) groups excluding carboxylic acids is 1. The maximum absolute atomic E-state index is 12.1. The number of aromatic nitrogens is 2. The highest BCUT2D eigenvalue weighted by Crippen LogP contribution is 2.23. The Morgan fingerprint density at radius 3 is 2.75 bits per heavy atom. The molecule has 1 aromatic carbocycles. The van der Waals surface area contributed by atoms with Crippen LogP contribution < -0.4 is 10.1 Å². The molecule has 0 aliphatic carbocycles. The second kappa shape index (κ2) is 6.19. The van der Waals surface area contributed by atoms with E-state index in [1.807, 2.05) is 0 Å².